The molecule has 0 saturated carbocycles. The van der Waals surface area contributed by atoms with Crippen LogP contribution in [0.5, 0.6) is 0 Å². The summed E-state index contributed by atoms with van der Waals surface area (Å²) in [6.45, 7) is 6.98. The van der Waals surface area contributed by atoms with E-state index in [1.165, 1.54) is 5.06 Å². The Morgan fingerprint density at radius 2 is 1.94 bits per heavy atom. The van der Waals surface area contributed by atoms with E-state index >= 15 is 0 Å². The Kier molecular flexibility index (Phi) is 8.01. The standard InChI is InChI=1S/C28H32ClN3O4/c1-18(2)25(31(14-7-13-30)28(34)32-15-12-19(3)36-32)27-23(16-20-8-5-4-6-9-20)26(33)22-11-10-21(29)17-24(22)35-27/h4-6,8-12,17-18,25H,7,13-16,30H2,1-3H3. The topological polar surface area (TPSA) is 89.0 Å². The third-order valence-electron chi connectivity index (χ3n) is 6.30. The van der Waals surface area contributed by atoms with Gasteiger partial charge in [0.05, 0.1) is 18.0 Å². The van der Waals surface area contributed by atoms with Crippen molar-refractivity contribution in [1.29, 1.82) is 0 Å². The molecule has 1 atom stereocenters. The lowest BCUT2D eigenvalue weighted by atomic mass is 9.92. The molecule has 7 nitrogen and oxygen atoms in total. The summed E-state index contributed by atoms with van der Waals surface area (Å²) in [4.78, 5) is 34.9. The Balaban J connectivity index is 1.89. The summed E-state index contributed by atoms with van der Waals surface area (Å²) in [5, 5.41) is 2.25. The molecule has 2 amide bonds. The second kappa shape index (κ2) is 11.2. The Hall–Kier alpha value is -3.29. The Labute approximate surface area is 216 Å². The van der Waals surface area contributed by atoms with Gasteiger partial charge < -0.3 is 19.9 Å². The smallest absolute Gasteiger partial charge is 0.354 e. The fraction of sp³-hybridized carbons (Fsp3) is 0.357. The van der Waals surface area contributed by atoms with Gasteiger partial charge in [-0.3, -0.25) is 4.79 Å². The summed E-state index contributed by atoms with van der Waals surface area (Å²) in [7, 11) is 0. The van der Waals surface area contributed by atoms with E-state index < -0.39 is 6.04 Å². The average Bonchev–Trinajstić information content (AvgIpc) is 3.29. The molecule has 0 fully saturated rings. The molecule has 36 heavy (non-hydrogen) atoms. The van der Waals surface area contributed by atoms with Gasteiger partial charge in [-0.05, 0) is 49.6 Å². The predicted molar refractivity (Wildman–Crippen MR) is 142 cm³/mol. The summed E-state index contributed by atoms with van der Waals surface area (Å²) in [5.74, 6) is 1.06. The zero-order valence-corrected chi connectivity index (χ0v) is 21.6. The Morgan fingerprint density at radius 1 is 1.19 bits per heavy atom. The van der Waals surface area contributed by atoms with Crippen molar-refractivity contribution in [3.63, 3.8) is 0 Å². The fourth-order valence-corrected chi connectivity index (χ4v) is 4.73. The summed E-state index contributed by atoms with van der Waals surface area (Å²) >= 11 is 6.25. The molecule has 0 bridgehead atoms. The highest BCUT2D eigenvalue weighted by Gasteiger charge is 2.36. The molecule has 0 aliphatic carbocycles. The van der Waals surface area contributed by atoms with Gasteiger partial charge in [-0.1, -0.05) is 55.8 Å². The number of nitrogens with two attached hydrogens (primary N) is 1. The van der Waals surface area contributed by atoms with Crippen molar-refractivity contribution in [2.24, 2.45) is 11.7 Å². The third kappa shape index (κ3) is 5.42. The molecule has 2 heterocycles. The van der Waals surface area contributed by atoms with Gasteiger partial charge in [0, 0.05) is 29.6 Å². The number of halogens is 1. The molecule has 1 aromatic heterocycles. The number of rotatable bonds is 8. The molecule has 2 N–H and O–H groups in total. The van der Waals surface area contributed by atoms with Crippen LogP contribution in [0.3, 0.4) is 0 Å². The molecule has 190 valence electrons. The van der Waals surface area contributed by atoms with Crippen LogP contribution >= 0.6 is 11.6 Å². The van der Waals surface area contributed by atoms with E-state index in [0.717, 1.165) is 5.56 Å². The number of amides is 2. The van der Waals surface area contributed by atoms with Crippen LogP contribution in [-0.2, 0) is 11.3 Å². The zero-order chi connectivity index (χ0) is 25.8. The minimum Gasteiger partial charge on any atom is -0.458 e. The minimum absolute atomic E-state index is 0.0716. The Morgan fingerprint density at radius 3 is 2.58 bits per heavy atom. The summed E-state index contributed by atoms with van der Waals surface area (Å²) in [5.41, 5.74) is 7.60. The van der Waals surface area contributed by atoms with Crippen molar-refractivity contribution in [2.75, 3.05) is 19.6 Å². The number of allylic oxidation sites excluding steroid dienone is 1. The predicted octanol–water partition coefficient (Wildman–Crippen LogP) is 5.66. The maximum Gasteiger partial charge on any atom is 0.354 e. The maximum absolute atomic E-state index is 13.8. The molecule has 1 aliphatic heterocycles. The molecule has 3 aromatic rings. The largest absolute Gasteiger partial charge is 0.458 e. The second-order valence-corrected chi connectivity index (χ2v) is 9.79. The van der Waals surface area contributed by atoms with Gasteiger partial charge in [-0.25, -0.2) is 4.79 Å². The van der Waals surface area contributed by atoms with Crippen LogP contribution in [0, 0.1) is 5.92 Å². The summed E-state index contributed by atoms with van der Waals surface area (Å²) < 4.78 is 6.46. The van der Waals surface area contributed by atoms with Crippen LogP contribution in [0.2, 0.25) is 5.02 Å². The molecule has 0 saturated heterocycles. The van der Waals surface area contributed by atoms with E-state index in [2.05, 4.69) is 0 Å². The van der Waals surface area contributed by atoms with E-state index in [4.69, 9.17) is 26.6 Å². The number of fused-ring (bicyclic) bond motifs is 1. The fourth-order valence-electron chi connectivity index (χ4n) is 4.57. The molecule has 1 unspecified atom stereocenters. The van der Waals surface area contributed by atoms with Gasteiger partial charge in [-0.2, -0.15) is 5.06 Å². The third-order valence-corrected chi connectivity index (χ3v) is 6.54. The number of nitrogens with zero attached hydrogens (tertiary/aromatic N) is 2. The van der Waals surface area contributed by atoms with Crippen molar-refractivity contribution >= 4 is 28.6 Å². The van der Waals surface area contributed by atoms with Crippen LogP contribution in [0.25, 0.3) is 11.0 Å². The van der Waals surface area contributed by atoms with Crippen molar-refractivity contribution in [3.8, 4) is 0 Å². The molecule has 0 radical (unpaired) electrons. The monoisotopic (exact) mass is 509 g/mol. The highest BCUT2D eigenvalue weighted by Crippen LogP contribution is 2.35. The maximum atomic E-state index is 13.8. The molecule has 1 aliphatic rings. The van der Waals surface area contributed by atoms with Crippen molar-refractivity contribution in [3.05, 3.63) is 92.5 Å². The van der Waals surface area contributed by atoms with Crippen LogP contribution in [0.1, 0.15) is 50.1 Å². The lowest BCUT2D eigenvalue weighted by molar-refractivity contribution is -0.0645. The van der Waals surface area contributed by atoms with Gasteiger partial charge in [-0.15, -0.1) is 0 Å². The van der Waals surface area contributed by atoms with E-state index in [1.54, 1.807) is 23.1 Å². The number of benzene rings is 2. The van der Waals surface area contributed by atoms with E-state index in [9.17, 15) is 9.59 Å². The van der Waals surface area contributed by atoms with Crippen LogP contribution in [-0.4, -0.2) is 35.6 Å². The van der Waals surface area contributed by atoms with E-state index in [0.29, 0.717) is 65.6 Å². The molecular weight excluding hydrogens is 478 g/mol. The number of hydrogen-bond acceptors (Lipinski definition) is 5. The molecular formula is C28H32ClN3O4. The van der Waals surface area contributed by atoms with Crippen LogP contribution in [0.15, 0.2) is 69.6 Å². The number of hydroxylamine groups is 2. The molecule has 0 spiro atoms. The zero-order valence-electron chi connectivity index (χ0n) is 20.9. The second-order valence-electron chi connectivity index (χ2n) is 9.35. The quantitative estimate of drug-likeness (QED) is 0.423. The van der Waals surface area contributed by atoms with Gasteiger partial charge in [0.25, 0.3) is 0 Å². The SMILES string of the molecule is CC1=CCN(C(=O)N(CCCN)C(c2oc3cc(Cl)ccc3c(=O)c2Cc2ccccc2)C(C)C)O1. The van der Waals surface area contributed by atoms with Crippen molar-refractivity contribution < 1.29 is 14.0 Å². The van der Waals surface area contributed by atoms with Gasteiger partial charge in [0.15, 0.2) is 5.43 Å². The Bertz CT molecular complexity index is 1320. The number of hydrogen-bond donors (Lipinski definition) is 1. The minimum atomic E-state index is -0.525. The number of carbonyl (C=O) groups is 1. The van der Waals surface area contributed by atoms with Crippen molar-refractivity contribution in [2.45, 2.75) is 39.7 Å². The summed E-state index contributed by atoms with van der Waals surface area (Å²) in [6, 6.07) is 14.0. The highest BCUT2D eigenvalue weighted by molar-refractivity contribution is 6.31. The first kappa shape index (κ1) is 25.8. The molecule has 4 rings (SSSR count). The van der Waals surface area contributed by atoms with Gasteiger partial charge >= 0.3 is 6.03 Å². The van der Waals surface area contributed by atoms with Crippen LogP contribution in [0.4, 0.5) is 4.79 Å². The first-order valence-electron chi connectivity index (χ1n) is 12.2. The average molecular weight is 510 g/mol. The number of carbonyl (C=O) groups excluding carboxylic acids is 1. The molecule has 8 heteroatoms. The van der Waals surface area contributed by atoms with Gasteiger partial charge in [0.2, 0.25) is 0 Å². The van der Waals surface area contributed by atoms with Gasteiger partial charge in [0.1, 0.15) is 17.1 Å². The van der Waals surface area contributed by atoms with E-state index in [1.807, 2.05) is 57.2 Å². The number of urea groups is 1. The van der Waals surface area contributed by atoms with Crippen molar-refractivity contribution in [1.82, 2.24) is 9.96 Å². The van der Waals surface area contributed by atoms with E-state index in [-0.39, 0.29) is 17.4 Å². The molecule has 2 aromatic carbocycles. The normalized spacial score (nSPS) is 14.2. The first-order valence-corrected chi connectivity index (χ1v) is 12.6. The first-order chi connectivity index (χ1) is 17.3. The highest BCUT2D eigenvalue weighted by atomic mass is 35.5. The lowest BCUT2D eigenvalue weighted by Crippen LogP contribution is -2.46. The van der Waals surface area contributed by atoms with Crippen LogP contribution < -0.4 is 11.2 Å². The summed E-state index contributed by atoms with van der Waals surface area (Å²) in [6.07, 6.45) is 2.81. The lowest BCUT2D eigenvalue weighted by Gasteiger charge is -2.36.